The van der Waals surface area contributed by atoms with Crippen LogP contribution in [0.3, 0.4) is 0 Å². The molecule has 0 bridgehead atoms. The van der Waals surface area contributed by atoms with Gasteiger partial charge in [-0.25, -0.2) is 9.37 Å². The Balaban J connectivity index is 1.75. The number of rotatable bonds is 5. The average molecular weight is 298 g/mol. The van der Waals surface area contributed by atoms with E-state index < -0.39 is 0 Å². The quantitative estimate of drug-likeness (QED) is 0.784. The molecule has 3 aromatic rings. The van der Waals surface area contributed by atoms with Crippen LogP contribution in [0.15, 0.2) is 42.9 Å². The zero-order valence-corrected chi connectivity index (χ0v) is 12.1. The number of benzene rings is 1. The number of aryl methyl sites for hydroxylation is 1. The van der Waals surface area contributed by atoms with E-state index in [-0.39, 0.29) is 5.82 Å². The first-order chi connectivity index (χ1) is 10.8. The molecule has 0 saturated carbocycles. The van der Waals surface area contributed by atoms with Crippen molar-refractivity contribution in [3.63, 3.8) is 0 Å². The summed E-state index contributed by atoms with van der Waals surface area (Å²) in [6.45, 7) is 3.37. The molecule has 0 atom stereocenters. The van der Waals surface area contributed by atoms with Gasteiger partial charge in [0.15, 0.2) is 0 Å². The van der Waals surface area contributed by atoms with Crippen LogP contribution < -0.4 is 5.32 Å². The summed E-state index contributed by atoms with van der Waals surface area (Å²) >= 11 is 0. The van der Waals surface area contributed by atoms with Crippen molar-refractivity contribution < 1.29 is 4.39 Å². The first-order valence-corrected chi connectivity index (χ1v) is 6.96. The Kier molecular flexibility index (Phi) is 4.04. The van der Waals surface area contributed by atoms with E-state index in [9.17, 15) is 4.39 Å². The Morgan fingerprint density at radius 2 is 2.09 bits per heavy atom. The summed E-state index contributed by atoms with van der Waals surface area (Å²) in [7, 11) is 0. The molecule has 112 valence electrons. The smallest absolute Gasteiger partial charge is 0.243 e. The van der Waals surface area contributed by atoms with Gasteiger partial charge in [0.05, 0.1) is 18.1 Å². The van der Waals surface area contributed by atoms with E-state index in [0.717, 1.165) is 12.1 Å². The molecular formula is C15H15FN6. The summed E-state index contributed by atoms with van der Waals surface area (Å²) in [6, 6.07) is 6.45. The van der Waals surface area contributed by atoms with E-state index in [1.54, 1.807) is 24.4 Å². The van der Waals surface area contributed by atoms with Gasteiger partial charge >= 0.3 is 0 Å². The summed E-state index contributed by atoms with van der Waals surface area (Å²) in [5.41, 5.74) is 1.86. The SMILES string of the molecule is CCn1cc(CNc2nncc(-c3ccccc3F)n2)cn1. The predicted octanol–water partition coefficient (Wildman–Crippen LogP) is 2.51. The monoisotopic (exact) mass is 298 g/mol. The molecule has 6 nitrogen and oxygen atoms in total. The maximum absolute atomic E-state index is 13.8. The Bertz CT molecular complexity index is 770. The van der Waals surface area contributed by atoms with Gasteiger partial charge in [0, 0.05) is 30.4 Å². The van der Waals surface area contributed by atoms with Crippen LogP contribution in [0.25, 0.3) is 11.3 Å². The summed E-state index contributed by atoms with van der Waals surface area (Å²) in [6.07, 6.45) is 5.17. The fourth-order valence-corrected chi connectivity index (χ4v) is 2.03. The van der Waals surface area contributed by atoms with Crippen molar-refractivity contribution in [2.75, 3.05) is 5.32 Å². The summed E-state index contributed by atoms with van der Waals surface area (Å²) < 4.78 is 15.6. The fourth-order valence-electron chi connectivity index (χ4n) is 2.03. The van der Waals surface area contributed by atoms with Crippen molar-refractivity contribution in [1.29, 1.82) is 0 Å². The van der Waals surface area contributed by atoms with Gasteiger partial charge in [0.1, 0.15) is 5.82 Å². The van der Waals surface area contributed by atoms with Crippen LogP contribution in [0.5, 0.6) is 0 Å². The Hall–Kier alpha value is -2.83. The second-order valence-electron chi connectivity index (χ2n) is 4.70. The van der Waals surface area contributed by atoms with Gasteiger partial charge in [0.2, 0.25) is 5.95 Å². The van der Waals surface area contributed by atoms with Crippen LogP contribution in [-0.4, -0.2) is 25.0 Å². The number of nitrogens with one attached hydrogen (secondary N) is 1. The third-order valence-electron chi connectivity index (χ3n) is 3.17. The molecule has 7 heteroatoms. The minimum atomic E-state index is -0.335. The Morgan fingerprint density at radius 3 is 2.86 bits per heavy atom. The van der Waals surface area contributed by atoms with E-state index in [1.165, 1.54) is 12.3 Å². The van der Waals surface area contributed by atoms with Gasteiger partial charge < -0.3 is 5.32 Å². The topological polar surface area (TPSA) is 68.5 Å². The van der Waals surface area contributed by atoms with Crippen molar-refractivity contribution in [2.24, 2.45) is 0 Å². The Labute approximate surface area is 127 Å². The van der Waals surface area contributed by atoms with Crippen LogP contribution >= 0.6 is 0 Å². The lowest BCUT2D eigenvalue weighted by atomic mass is 10.1. The molecule has 0 aliphatic heterocycles. The van der Waals surface area contributed by atoms with Crippen LogP contribution in [0.1, 0.15) is 12.5 Å². The normalized spacial score (nSPS) is 10.6. The molecule has 0 aliphatic rings. The highest BCUT2D eigenvalue weighted by Gasteiger charge is 2.08. The van der Waals surface area contributed by atoms with E-state index >= 15 is 0 Å². The lowest BCUT2D eigenvalue weighted by molar-refractivity contribution is 0.630. The lowest BCUT2D eigenvalue weighted by Crippen LogP contribution is -2.05. The van der Waals surface area contributed by atoms with Gasteiger partial charge in [-0.3, -0.25) is 4.68 Å². The van der Waals surface area contributed by atoms with Crippen LogP contribution in [-0.2, 0) is 13.1 Å². The number of anilines is 1. The van der Waals surface area contributed by atoms with Crippen LogP contribution in [0, 0.1) is 5.82 Å². The molecule has 0 unspecified atom stereocenters. The molecule has 0 saturated heterocycles. The van der Waals surface area contributed by atoms with E-state index in [4.69, 9.17) is 0 Å². The number of hydrogen-bond acceptors (Lipinski definition) is 5. The van der Waals surface area contributed by atoms with Gasteiger partial charge in [0.25, 0.3) is 0 Å². The van der Waals surface area contributed by atoms with Gasteiger partial charge in [-0.15, -0.1) is 5.10 Å². The summed E-state index contributed by atoms with van der Waals surface area (Å²) in [4.78, 5) is 4.29. The summed E-state index contributed by atoms with van der Waals surface area (Å²) in [5.74, 6) is 0.0168. The van der Waals surface area contributed by atoms with Crippen LogP contribution in [0.2, 0.25) is 0 Å². The molecule has 1 aromatic carbocycles. The van der Waals surface area contributed by atoms with Gasteiger partial charge in [-0.1, -0.05) is 12.1 Å². The number of halogens is 1. The summed E-state index contributed by atoms with van der Waals surface area (Å²) in [5, 5.41) is 15.0. The van der Waals surface area contributed by atoms with Crippen molar-refractivity contribution >= 4 is 5.95 Å². The van der Waals surface area contributed by atoms with E-state index in [1.807, 2.05) is 17.8 Å². The second-order valence-corrected chi connectivity index (χ2v) is 4.70. The minimum absolute atomic E-state index is 0.335. The van der Waals surface area contributed by atoms with Crippen molar-refractivity contribution in [2.45, 2.75) is 20.0 Å². The van der Waals surface area contributed by atoms with E-state index in [2.05, 4.69) is 25.6 Å². The molecule has 0 fully saturated rings. The largest absolute Gasteiger partial charge is 0.349 e. The highest BCUT2D eigenvalue weighted by molar-refractivity contribution is 5.59. The number of hydrogen-bond donors (Lipinski definition) is 1. The van der Waals surface area contributed by atoms with Crippen molar-refractivity contribution in [1.82, 2.24) is 25.0 Å². The zero-order chi connectivity index (χ0) is 15.4. The highest BCUT2D eigenvalue weighted by atomic mass is 19.1. The Morgan fingerprint density at radius 1 is 1.23 bits per heavy atom. The zero-order valence-electron chi connectivity index (χ0n) is 12.1. The molecule has 3 rings (SSSR count). The van der Waals surface area contributed by atoms with Crippen molar-refractivity contribution in [3.8, 4) is 11.3 Å². The van der Waals surface area contributed by atoms with Gasteiger partial charge in [-0.05, 0) is 19.1 Å². The lowest BCUT2D eigenvalue weighted by Gasteiger charge is -2.05. The highest BCUT2D eigenvalue weighted by Crippen LogP contribution is 2.20. The number of nitrogens with zero attached hydrogens (tertiary/aromatic N) is 5. The standard InChI is InChI=1S/C15H15FN6/c1-2-22-10-11(8-19-22)7-17-15-20-14(9-18-21-15)12-5-3-4-6-13(12)16/h3-6,8-10H,2,7H2,1H3,(H,17,20,21). The molecular weight excluding hydrogens is 283 g/mol. The third-order valence-corrected chi connectivity index (χ3v) is 3.17. The fraction of sp³-hybridized carbons (Fsp3) is 0.200. The molecule has 1 N–H and O–H groups in total. The maximum atomic E-state index is 13.8. The first-order valence-electron chi connectivity index (χ1n) is 6.96. The minimum Gasteiger partial charge on any atom is -0.349 e. The molecule has 0 aliphatic carbocycles. The number of aromatic nitrogens is 5. The second kappa shape index (κ2) is 6.30. The molecule has 0 radical (unpaired) electrons. The predicted molar refractivity (Wildman–Crippen MR) is 80.4 cm³/mol. The molecule has 0 amide bonds. The molecule has 0 spiro atoms. The average Bonchev–Trinajstić information content (AvgIpc) is 3.02. The van der Waals surface area contributed by atoms with E-state index in [0.29, 0.717) is 23.8 Å². The molecule has 2 heterocycles. The third kappa shape index (κ3) is 3.08. The van der Waals surface area contributed by atoms with Crippen LogP contribution in [0.4, 0.5) is 10.3 Å². The molecule has 2 aromatic heterocycles. The maximum Gasteiger partial charge on any atom is 0.243 e. The van der Waals surface area contributed by atoms with Gasteiger partial charge in [-0.2, -0.15) is 10.2 Å². The van der Waals surface area contributed by atoms with Crippen molar-refractivity contribution in [3.05, 3.63) is 54.2 Å². The first kappa shape index (κ1) is 14.1. The molecule has 22 heavy (non-hydrogen) atoms.